The first-order chi connectivity index (χ1) is 11.6. The topological polar surface area (TPSA) is 51.1 Å². The average Bonchev–Trinajstić information content (AvgIpc) is 2.89. The fourth-order valence-corrected chi connectivity index (χ4v) is 3.33. The fraction of sp³-hybridized carbons (Fsp3) is 0.158. The number of pyridine rings is 1. The van der Waals surface area contributed by atoms with Gasteiger partial charge in [-0.3, -0.25) is 9.59 Å². The summed E-state index contributed by atoms with van der Waals surface area (Å²) in [6.07, 6.45) is 2.41. The molecule has 1 aromatic heterocycles. The lowest BCUT2D eigenvalue weighted by molar-refractivity contribution is 0.102. The molecule has 24 heavy (non-hydrogen) atoms. The highest BCUT2D eigenvalue weighted by molar-refractivity contribution is 6.06. The molecule has 1 N–H and O–H groups in total. The van der Waals surface area contributed by atoms with Crippen molar-refractivity contribution in [3.8, 4) is 0 Å². The van der Waals surface area contributed by atoms with E-state index in [1.165, 1.54) is 12.1 Å². The van der Waals surface area contributed by atoms with E-state index >= 15 is 0 Å². The minimum absolute atomic E-state index is 0.0247. The minimum atomic E-state index is -0.597. The Bertz CT molecular complexity index is 1040. The summed E-state index contributed by atoms with van der Waals surface area (Å²) in [6.45, 7) is 2.04. The number of hydrogen-bond acceptors (Lipinski definition) is 2. The predicted molar refractivity (Wildman–Crippen MR) is 91.0 cm³/mol. The summed E-state index contributed by atoms with van der Waals surface area (Å²) in [6, 6.07) is 11.6. The van der Waals surface area contributed by atoms with Gasteiger partial charge in [-0.05, 0) is 37.1 Å². The second-order valence-electron chi connectivity index (χ2n) is 6.08. The molecule has 1 aliphatic rings. The van der Waals surface area contributed by atoms with E-state index in [9.17, 15) is 14.0 Å². The van der Waals surface area contributed by atoms with Crippen LogP contribution in [0, 0.1) is 5.82 Å². The van der Waals surface area contributed by atoms with Gasteiger partial charge in [0.05, 0.1) is 11.2 Å². The van der Waals surface area contributed by atoms with Crippen LogP contribution in [0.25, 0.3) is 10.9 Å². The molecule has 5 heteroatoms. The van der Waals surface area contributed by atoms with E-state index in [4.69, 9.17) is 0 Å². The van der Waals surface area contributed by atoms with Crippen LogP contribution in [-0.4, -0.2) is 10.5 Å². The van der Waals surface area contributed by atoms with E-state index < -0.39 is 11.7 Å². The first-order valence-electron chi connectivity index (χ1n) is 7.79. The molecule has 4 rings (SSSR count). The molecule has 0 aliphatic carbocycles. The Morgan fingerprint density at radius 2 is 2.00 bits per heavy atom. The van der Waals surface area contributed by atoms with Crippen molar-refractivity contribution in [2.45, 2.75) is 19.4 Å². The molecule has 2 heterocycles. The summed E-state index contributed by atoms with van der Waals surface area (Å²) >= 11 is 0. The van der Waals surface area contributed by atoms with Crippen LogP contribution in [0.1, 0.15) is 28.9 Å². The van der Waals surface area contributed by atoms with Gasteiger partial charge in [0.15, 0.2) is 0 Å². The molecule has 4 nitrogen and oxygen atoms in total. The molecule has 2 aromatic carbocycles. The molecule has 0 spiro atoms. The molecule has 0 bridgehead atoms. The maximum absolute atomic E-state index is 13.7. The van der Waals surface area contributed by atoms with Crippen LogP contribution in [0.5, 0.6) is 0 Å². The van der Waals surface area contributed by atoms with Crippen LogP contribution in [0.15, 0.2) is 53.5 Å². The molecule has 3 aromatic rings. The summed E-state index contributed by atoms with van der Waals surface area (Å²) in [5, 5.41) is 3.01. The van der Waals surface area contributed by atoms with Crippen LogP contribution in [0.3, 0.4) is 0 Å². The molecule has 0 saturated carbocycles. The largest absolute Gasteiger partial charge is 0.343 e. The standard InChI is InChI=1S/C19H15FN2O2/c1-11-9-12-5-4-6-13-17(12)22(11)10-14(18(13)23)19(24)21-16-8-3-2-7-15(16)20/h2-8,10-11H,9H2,1H3,(H,21,24)/t11-/m0/s1. The van der Waals surface area contributed by atoms with Gasteiger partial charge in [-0.25, -0.2) is 4.39 Å². The lowest BCUT2D eigenvalue weighted by Gasteiger charge is -2.13. The third-order valence-electron chi connectivity index (χ3n) is 4.49. The Labute approximate surface area is 137 Å². The van der Waals surface area contributed by atoms with Gasteiger partial charge < -0.3 is 9.88 Å². The second-order valence-corrected chi connectivity index (χ2v) is 6.08. The Balaban J connectivity index is 1.84. The van der Waals surface area contributed by atoms with E-state index in [-0.39, 0.29) is 22.7 Å². The van der Waals surface area contributed by atoms with E-state index in [0.717, 1.165) is 17.5 Å². The predicted octanol–water partition coefficient (Wildman–Crippen LogP) is 3.51. The summed E-state index contributed by atoms with van der Waals surface area (Å²) in [7, 11) is 0. The summed E-state index contributed by atoms with van der Waals surface area (Å²) in [5.74, 6) is -1.13. The molecule has 0 fully saturated rings. The van der Waals surface area contributed by atoms with Gasteiger partial charge in [0.25, 0.3) is 5.91 Å². The SMILES string of the molecule is C[C@H]1Cc2cccc3c(=O)c(C(=O)Nc4ccccc4F)cn1c23. The van der Waals surface area contributed by atoms with E-state index in [1.54, 1.807) is 24.4 Å². The highest BCUT2D eigenvalue weighted by Gasteiger charge is 2.24. The average molecular weight is 322 g/mol. The maximum Gasteiger partial charge on any atom is 0.261 e. The summed E-state index contributed by atoms with van der Waals surface area (Å²) in [5.41, 5.74) is 1.75. The lowest BCUT2D eigenvalue weighted by atomic mass is 10.1. The quantitative estimate of drug-likeness (QED) is 0.785. The van der Waals surface area contributed by atoms with E-state index in [0.29, 0.717) is 5.39 Å². The zero-order chi connectivity index (χ0) is 16.8. The molecule has 1 amide bonds. The number of aromatic nitrogens is 1. The number of carbonyl (C=O) groups excluding carboxylic acids is 1. The zero-order valence-electron chi connectivity index (χ0n) is 13.0. The van der Waals surface area contributed by atoms with Crippen LogP contribution >= 0.6 is 0 Å². The number of benzene rings is 2. The Morgan fingerprint density at radius 3 is 2.79 bits per heavy atom. The normalized spacial score (nSPS) is 15.7. The smallest absolute Gasteiger partial charge is 0.261 e. The van der Waals surface area contributed by atoms with Crippen molar-refractivity contribution in [3.05, 3.63) is 75.8 Å². The molecular formula is C19H15FN2O2. The molecule has 0 unspecified atom stereocenters. The maximum atomic E-state index is 13.7. The number of halogens is 1. The van der Waals surface area contributed by atoms with Gasteiger partial charge in [-0.2, -0.15) is 0 Å². The number of nitrogens with zero attached hydrogens (tertiary/aromatic N) is 1. The van der Waals surface area contributed by atoms with Crippen molar-refractivity contribution in [3.63, 3.8) is 0 Å². The van der Waals surface area contributed by atoms with Crippen LogP contribution in [0.4, 0.5) is 10.1 Å². The molecular weight excluding hydrogens is 307 g/mol. The number of para-hydroxylation sites is 2. The molecule has 0 radical (unpaired) electrons. The third-order valence-corrected chi connectivity index (χ3v) is 4.49. The highest BCUT2D eigenvalue weighted by atomic mass is 19.1. The van der Waals surface area contributed by atoms with Crippen molar-refractivity contribution < 1.29 is 9.18 Å². The van der Waals surface area contributed by atoms with Gasteiger partial charge in [-0.1, -0.05) is 24.3 Å². The highest BCUT2D eigenvalue weighted by Crippen LogP contribution is 2.31. The Morgan fingerprint density at radius 1 is 1.21 bits per heavy atom. The Hall–Kier alpha value is -2.95. The first-order valence-corrected chi connectivity index (χ1v) is 7.79. The zero-order valence-corrected chi connectivity index (χ0v) is 13.0. The summed E-state index contributed by atoms with van der Waals surface area (Å²) < 4.78 is 15.7. The van der Waals surface area contributed by atoms with E-state index in [2.05, 4.69) is 5.32 Å². The first kappa shape index (κ1) is 14.6. The number of hydrogen-bond donors (Lipinski definition) is 1. The van der Waals surface area contributed by atoms with Gasteiger partial charge in [0.2, 0.25) is 5.43 Å². The number of rotatable bonds is 2. The minimum Gasteiger partial charge on any atom is -0.343 e. The van der Waals surface area contributed by atoms with Crippen molar-refractivity contribution in [1.82, 2.24) is 4.57 Å². The van der Waals surface area contributed by atoms with Gasteiger partial charge in [-0.15, -0.1) is 0 Å². The molecule has 1 aliphatic heterocycles. The van der Waals surface area contributed by atoms with Crippen LogP contribution < -0.4 is 10.7 Å². The van der Waals surface area contributed by atoms with Crippen molar-refractivity contribution in [2.24, 2.45) is 0 Å². The third kappa shape index (κ3) is 2.12. The Kier molecular flexibility index (Phi) is 3.23. The summed E-state index contributed by atoms with van der Waals surface area (Å²) in [4.78, 5) is 25.2. The van der Waals surface area contributed by atoms with Crippen molar-refractivity contribution in [1.29, 1.82) is 0 Å². The van der Waals surface area contributed by atoms with Crippen LogP contribution in [-0.2, 0) is 6.42 Å². The molecule has 120 valence electrons. The van der Waals surface area contributed by atoms with Crippen LogP contribution in [0.2, 0.25) is 0 Å². The fourth-order valence-electron chi connectivity index (χ4n) is 3.33. The van der Waals surface area contributed by atoms with Gasteiger partial charge in [0.1, 0.15) is 11.4 Å². The number of amides is 1. The number of nitrogens with one attached hydrogen (secondary N) is 1. The molecule has 1 atom stereocenters. The number of carbonyl (C=O) groups is 1. The van der Waals surface area contributed by atoms with Crippen molar-refractivity contribution in [2.75, 3.05) is 5.32 Å². The molecule has 0 saturated heterocycles. The van der Waals surface area contributed by atoms with Gasteiger partial charge in [0, 0.05) is 17.6 Å². The van der Waals surface area contributed by atoms with Gasteiger partial charge >= 0.3 is 0 Å². The van der Waals surface area contributed by atoms with Crippen molar-refractivity contribution >= 4 is 22.5 Å². The monoisotopic (exact) mass is 322 g/mol. The second kappa shape index (κ2) is 5.30. The lowest BCUT2D eigenvalue weighted by Crippen LogP contribution is -2.24. The van der Waals surface area contributed by atoms with E-state index in [1.807, 2.05) is 23.6 Å². The number of anilines is 1.